The van der Waals surface area contributed by atoms with E-state index in [-0.39, 0.29) is 0 Å². The Balaban J connectivity index is 1.98. The Hall–Kier alpha value is -1.84. The summed E-state index contributed by atoms with van der Waals surface area (Å²) in [6, 6.07) is 15.6. The first-order chi connectivity index (χ1) is 13.7. The molecule has 28 heavy (non-hydrogen) atoms. The Labute approximate surface area is 171 Å². The molecule has 0 aliphatic carbocycles. The highest BCUT2D eigenvalue weighted by Gasteiger charge is 2.03. The highest BCUT2D eigenvalue weighted by molar-refractivity contribution is 5.46. The van der Waals surface area contributed by atoms with E-state index in [1.165, 1.54) is 60.8 Å². The molecule has 2 aromatic carbocycles. The molecule has 1 N–H and O–H groups in total. The van der Waals surface area contributed by atoms with Crippen molar-refractivity contribution < 1.29 is 9.47 Å². The summed E-state index contributed by atoms with van der Waals surface area (Å²) in [5, 5.41) is 3.59. The quantitative estimate of drug-likeness (QED) is 0.397. The van der Waals surface area contributed by atoms with Crippen molar-refractivity contribution in [2.45, 2.75) is 65.5 Å². The summed E-state index contributed by atoms with van der Waals surface area (Å²) in [5.74, 6) is 0. The van der Waals surface area contributed by atoms with Crippen LogP contribution in [-0.2, 0) is 35.5 Å². The van der Waals surface area contributed by atoms with Gasteiger partial charge in [-0.2, -0.15) is 0 Å². The molecule has 0 saturated carbocycles. The molecule has 0 aliphatic rings. The van der Waals surface area contributed by atoms with Gasteiger partial charge in [0.15, 0.2) is 0 Å². The molecule has 2 rings (SSSR count). The van der Waals surface area contributed by atoms with Gasteiger partial charge < -0.3 is 14.8 Å². The van der Waals surface area contributed by atoms with Gasteiger partial charge in [-0.1, -0.05) is 57.0 Å². The Morgan fingerprint density at radius 1 is 0.786 bits per heavy atom. The smallest absolute Gasteiger partial charge is 0.0718 e. The maximum absolute atomic E-state index is 5.63. The zero-order chi connectivity index (χ0) is 20.0. The Kier molecular flexibility index (Phi) is 10.7. The maximum Gasteiger partial charge on any atom is 0.0718 e. The van der Waals surface area contributed by atoms with Crippen LogP contribution < -0.4 is 5.32 Å². The van der Waals surface area contributed by atoms with E-state index < -0.39 is 0 Å². The van der Waals surface area contributed by atoms with Crippen LogP contribution in [0, 0.1) is 0 Å². The average Bonchev–Trinajstić information content (AvgIpc) is 2.72. The number of rotatable bonds is 14. The van der Waals surface area contributed by atoms with Crippen molar-refractivity contribution in [3.8, 4) is 0 Å². The monoisotopic (exact) mass is 383 g/mol. The lowest BCUT2D eigenvalue weighted by Crippen LogP contribution is -2.04. The fourth-order valence-corrected chi connectivity index (χ4v) is 3.30. The van der Waals surface area contributed by atoms with Crippen LogP contribution in [0.15, 0.2) is 42.5 Å². The maximum atomic E-state index is 5.63. The van der Waals surface area contributed by atoms with Gasteiger partial charge >= 0.3 is 0 Å². The second-order valence-electron chi connectivity index (χ2n) is 7.46. The molecule has 3 heteroatoms. The third-order valence-electron chi connectivity index (χ3n) is 4.87. The van der Waals surface area contributed by atoms with E-state index in [4.69, 9.17) is 9.47 Å². The van der Waals surface area contributed by atoms with Gasteiger partial charge in [0.05, 0.1) is 19.8 Å². The fourth-order valence-electron chi connectivity index (χ4n) is 3.30. The fraction of sp³-hybridized carbons (Fsp3) is 0.520. The third kappa shape index (κ3) is 8.45. The van der Waals surface area contributed by atoms with Gasteiger partial charge in [0.2, 0.25) is 0 Å². The van der Waals surface area contributed by atoms with Crippen molar-refractivity contribution >= 4 is 5.69 Å². The van der Waals surface area contributed by atoms with Crippen molar-refractivity contribution in [3.63, 3.8) is 0 Å². The van der Waals surface area contributed by atoms with Gasteiger partial charge in [-0.05, 0) is 60.1 Å². The van der Waals surface area contributed by atoms with Gasteiger partial charge in [0, 0.05) is 19.3 Å². The Morgan fingerprint density at radius 3 is 2.11 bits per heavy atom. The van der Waals surface area contributed by atoms with Crippen LogP contribution in [0.3, 0.4) is 0 Å². The molecule has 0 radical (unpaired) electrons. The van der Waals surface area contributed by atoms with Crippen molar-refractivity contribution in [2.75, 3.05) is 25.6 Å². The molecule has 0 fully saturated rings. The zero-order valence-electron chi connectivity index (χ0n) is 17.9. The van der Waals surface area contributed by atoms with Gasteiger partial charge in [-0.3, -0.25) is 0 Å². The normalized spacial score (nSPS) is 11.0. The Bertz CT molecular complexity index is 658. The molecule has 0 saturated heterocycles. The summed E-state index contributed by atoms with van der Waals surface area (Å²) in [7, 11) is 1.69. The molecular weight excluding hydrogens is 346 g/mol. The van der Waals surface area contributed by atoms with Gasteiger partial charge in [0.1, 0.15) is 0 Å². The summed E-state index contributed by atoms with van der Waals surface area (Å²) in [4.78, 5) is 0. The number of nitrogens with one attached hydrogen (secondary N) is 1. The number of methoxy groups -OCH3 is 1. The van der Waals surface area contributed by atoms with Crippen molar-refractivity contribution in [1.29, 1.82) is 0 Å². The minimum Gasteiger partial charge on any atom is -0.382 e. The first kappa shape index (κ1) is 22.4. The topological polar surface area (TPSA) is 30.5 Å². The lowest BCUT2D eigenvalue weighted by atomic mass is 9.98. The van der Waals surface area contributed by atoms with Gasteiger partial charge in [-0.25, -0.2) is 0 Å². The van der Waals surface area contributed by atoms with E-state index in [0.29, 0.717) is 19.8 Å². The van der Waals surface area contributed by atoms with Crippen LogP contribution in [0.25, 0.3) is 0 Å². The number of benzene rings is 2. The molecule has 3 nitrogen and oxygen atoms in total. The first-order valence-electron chi connectivity index (χ1n) is 10.8. The van der Waals surface area contributed by atoms with Crippen LogP contribution in [0.1, 0.15) is 61.8 Å². The predicted octanol–water partition coefficient (Wildman–Crippen LogP) is 6.15. The minimum atomic E-state index is 0.618. The van der Waals surface area contributed by atoms with Gasteiger partial charge in [0.25, 0.3) is 0 Å². The van der Waals surface area contributed by atoms with Crippen LogP contribution >= 0.6 is 0 Å². The zero-order valence-corrected chi connectivity index (χ0v) is 17.9. The number of anilines is 1. The number of hydrogen-bond acceptors (Lipinski definition) is 3. The first-order valence-corrected chi connectivity index (χ1v) is 10.8. The summed E-state index contributed by atoms with van der Waals surface area (Å²) in [5.41, 5.74) is 6.66. The molecule has 0 aliphatic heterocycles. The molecule has 0 aromatic heterocycles. The summed E-state index contributed by atoms with van der Waals surface area (Å²) < 4.78 is 10.7. The number of aryl methyl sites for hydroxylation is 2. The molecule has 0 bridgehead atoms. The van der Waals surface area contributed by atoms with E-state index >= 15 is 0 Å². The molecule has 2 aromatic rings. The molecule has 0 unspecified atom stereocenters. The number of unbranched alkanes of at least 4 members (excludes halogenated alkanes) is 2. The average molecular weight is 384 g/mol. The van der Waals surface area contributed by atoms with Crippen LogP contribution in [-0.4, -0.2) is 20.3 Å². The largest absolute Gasteiger partial charge is 0.382 e. The molecule has 154 valence electrons. The summed E-state index contributed by atoms with van der Waals surface area (Å²) in [6.45, 7) is 7.25. The third-order valence-corrected chi connectivity index (χ3v) is 4.87. The lowest BCUT2D eigenvalue weighted by Gasteiger charge is -2.12. The molecular formula is C25H37NO2. The van der Waals surface area contributed by atoms with E-state index in [2.05, 4.69) is 61.6 Å². The highest BCUT2D eigenvalue weighted by atomic mass is 16.5. The molecule has 0 spiro atoms. The van der Waals surface area contributed by atoms with E-state index in [1.807, 2.05) is 0 Å². The number of ether oxygens (including phenoxy) is 2. The molecule has 0 atom stereocenters. The number of hydrogen-bond donors (Lipinski definition) is 1. The van der Waals surface area contributed by atoms with Crippen molar-refractivity contribution in [1.82, 2.24) is 0 Å². The lowest BCUT2D eigenvalue weighted by molar-refractivity contribution is 0.0617. The second kappa shape index (κ2) is 13.4. The Morgan fingerprint density at radius 2 is 1.46 bits per heavy atom. The van der Waals surface area contributed by atoms with Gasteiger partial charge in [-0.15, -0.1) is 0 Å². The summed E-state index contributed by atoms with van der Waals surface area (Å²) in [6.07, 6.45) is 7.36. The van der Waals surface area contributed by atoms with Crippen molar-refractivity contribution in [2.24, 2.45) is 0 Å². The predicted molar refractivity (Wildman–Crippen MR) is 119 cm³/mol. The second-order valence-corrected chi connectivity index (χ2v) is 7.46. The molecule has 0 amide bonds. The SMILES string of the molecule is CCCCc1cc(CCCC)cc(CNc2cccc(COCCOC)c2)c1. The van der Waals surface area contributed by atoms with Crippen molar-refractivity contribution in [3.05, 3.63) is 64.7 Å². The van der Waals surface area contributed by atoms with E-state index in [1.54, 1.807) is 7.11 Å². The van der Waals surface area contributed by atoms with E-state index in [0.717, 1.165) is 12.2 Å². The van der Waals surface area contributed by atoms with E-state index in [9.17, 15) is 0 Å². The van der Waals surface area contributed by atoms with Crippen LogP contribution in [0.4, 0.5) is 5.69 Å². The summed E-state index contributed by atoms with van der Waals surface area (Å²) >= 11 is 0. The molecule has 0 heterocycles. The highest BCUT2D eigenvalue weighted by Crippen LogP contribution is 2.18. The minimum absolute atomic E-state index is 0.618. The van der Waals surface area contributed by atoms with Crippen LogP contribution in [0.5, 0.6) is 0 Å². The van der Waals surface area contributed by atoms with Crippen LogP contribution in [0.2, 0.25) is 0 Å². The standard InChI is InChI=1S/C25H37NO2/c1-4-6-9-21-15-22(10-7-5-2)17-24(16-21)19-26-25-12-8-11-23(18-25)20-28-14-13-27-3/h8,11-12,15-18,26H,4-7,9-10,13-14,19-20H2,1-3H3.